The van der Waals surface area contributed by atoms with Crippen molar-refractivity contribution >= 4 is 11.6 Å². The molecule has 0 aliphatic carbocycles. The summed E-state index contributed by atoms with van der Waals surface area (Å²) in [6.07, 6.45) is 3.50. The third kappa shape index (κ3) is 3.44. The first-order chi connectivity index (χ1) is 14.4. The van der Waals surface area contributed by atoms with Crippen molar-refractivity contribution < 1.29 is 18.7 Å². The fraction of sp³-hybridized carbons (Fsp3) is 0.130. The van der Waals surface area contributed by atoms with Crippen LogP contribution in [0.3, 0.4) is 0 Å². The van der Waals surface area contributed by atoms with Gasteiger partial charge < -0.3 is 14.4 Å². The zero-order valence-electron chi connectivity index (χ0n) is 16.4. The molecule has 0 unspecified atom stereocenters. The van der Waals surface area contributed by atoms with Gasteiger partial charge in [0, 0.05) is 54.3 Å². The lowest BCUT2D eigenvalue weighted by Crippen LogP contribution is -2.21. The summed E-state index contributed by atoms with van der Waals surface area (Å²) >= 11 is 0. The van der Waals surface area contributed by atoms with Crippen molar-refractivity contribution in [3.05, 3.63) is 83.7 Å². The van der Waals surface area contributed by atoms with Crippen LogP contribution in [0.4, 0.5) is 8.78 Å². The Balaban J connectivity index is 1.71. The number of pyridine rings is 1. The summed E-state index contributed by atoms with van der Waals surface area (Å²) in [5.74, 6) is -1.64. The van der Waals surface area contributed by atoms with Gasteiger partial charge in [0.05, 0.1) is 12.3 Å². The molecule has 30 heavy (non-hydrogen) atoms. The zero-order chi connectivity index (χ0) is 21.4. The first kappa shape index (κ1) is 19.7. The number of hydrogen-bond donors (Lipinski definition) is 1. The van der Waals surface area contributed by atoms with Crippen LogP contribution in [0.2, 0.25) is 0 Å². The highest BCUT2D eigenvalue weighted by molar-refractivity contribution is 5.94. The average Bonchev–Trinajstić information content (AvgIpc) is 3.17. The molecule has 0 aliphatic heterocycles. The number of benzene rings is 2. The Kier molecular flexibility index (Phi) is 5.05. The van der Waals surface area contributed by atoms with E-state index >= 15 is 0 Å². The largest absolute Gasteiger partial charge is 0.391 e. The van der Waals surface area contributed by atoms with Gasteiger partial charge in [-0.3, -0.25) is 4.79 Å². The van der Waals surface area contributed by atoms with E-state index in [1.54, 1.807) is 55.2 Å². The van der Waals surface area contributed by atoms with Gasteiger partial charge in [-0.2, -0.15) is 0 Å². The number of amides is 1. The van der Waals surface area contributed by atoms with Crippen molar-refractivity contribution in [2.75, 3.05) is 14.1 Å². The summed E-state index contributed by atoms with van der Waals surface area (Å²) in [7, 11) is 3.40. The molecule has 0 bridgehead atoms. The van der Waals surface area contributed by atoms with Crippen LogP contribution in [-0.2, 0) is 6.61 Å². The Labute approximate surface area is 171 Å². The van der Waals surface area contributed by atoms with Gasteiger partial charge in [0.1, 0.15) is 17.3 Å². The monoisotopic (exact) mass is 407 g/mol. The lowest BCUT2D eigenvalue weighted by molar-refractivity contribution is 0.0827. The molecule has 4 aromatic rings. The molecule has 0 fully saturated rings. The fourth-order valence-corrected chi connectivity index (χ4v) is 3.30. The van der Waals surface area contributed by atoms with Crippen molar-refractivity contribution in [1.82, 2.24) is 14.3 Å². The van der Waals surface area contributed by atoms with Crippen LogP contribution in [0, 0.1) is 11.6 Å². The number of halogens is 2. The fourth-order valence-electron chi connectivity index (χ4n) is 3.30. The van der Waals surface area contributed by atoms with E-state index in [4.69, 9.17) is 0 Å². The third-order valence-electron chi connectivity index (χ3n) is 4.94. The van der Waals surface area contributed by atoms with Gasteiger partial charge in [-0.25, -0.2) is 13.8 Å². The number of imidazole rings is 1. The number of carbonyl (C=O) groups is 1. The summed E-state index contributed by atoms with van der Waals surface area (Å²) in [6.45, 7) is -0.713. The number of aliphatic hydroxyl groups is 1. The molecule has 0 saturated heterocycles. The molecule has 2 aromatic heterocycles. The van der Waals surface area contributed by atoms with Crippen molar-refractivity contribution in [1.29, 1.82) is 0 Å². The molecule has 4 rings (SSSR count). The highest BCUT2D eigenvalue weighted by Gasteiger charge is 2.15. The third-order valence-corrected chi connectivity index (χ3v) is 4.94. The Bertz CT molecular complexity index is 1250. The number of nitrogens with zero attached hydrogens (tertiary/aromatic N) is 3. The minimum absolute atomic E-state index is 0.0789. The van der Waals surface area contributed by atoms with Crippen LogP contribution in [-0.4, -0.2) is 39.4 Å². The van der Waals surface area contributed by atoms with Crippen molar-refractivity contribution in [3.63, 3.8) is 0 Å². The van der Waals surface area contributed by atoms with E-state index in [0.717, 1.165) is 11.6 Å². The predicted octanol–water partition coefficient (Wildman–Crippen LogP) is 4.14. The normalized spacial score (nSPS) is 11.1. The highest BCUT2D eigenvalue weighted by atomic mass is 19.1. The van der Waals surface area contributed by atoms with Gasteiger partial charge in [-0.1, -0.05) is 12.1 Å². The molecule has 2 heterocycles. The molecule has 2 aromatic carbocycles. The Morgan fingerprint density at radius 2 is 1.70 bits per heavy atom. The van der Waals surface area contributed by atoms with Crippen LogP contribution in [0.1, 0.15) is 15.9 Å². The van der Waals surface area contributed by atoms with Crippen LogP contribution < -0.4 is 0 Å². The molecule has 7 heteroatoms. The summed E-state index contributed by atoms with van der Waals surface area (Å²) in [6, 6.07) is 13.1. The molecule has 5 nitrogen and oxygen atoms in total. The maximum Gasteiger partial charge on any atom is 0.253 e. The molecule has 1 N–H and O–H groups in total. The summed E-state index contributed by atoms with van der Waals surface area (Å²) in [5, 5.41) is 9.24. The second kappa shape index (κ2) is 7.68. The SMILES string of the molecule is CN(C)C(=O)c1ccc(-c2cn3cc(-c4ccc(F)c(CO)c4F)ccc3n2)cc1. The Morgan fingerprint density at radius 3 is 2.37 bits per heavy atom. The number of rotatable bonds is 4. The van der Waals surface area contributed by atoms with Gasteiger partial charge in [0.25, 0.3) is 5.91 Å². The van der Waals surface area contributed by atoms with Gasteiger partial charge >= 0.3 is 0 Å². The van der Waals surface area contributed by atoms with Gasteiger partial charge in [-0.15, -0.1) is 0 Å². The van der Waals surface area contributed by atoms with Crippen LogP contribution in [0.25, 0.3) is 28.0 Å². The minimum atomic E-state index is -0.779. The average molecular weight is 407 g/mol. The summed E-state index contributed by atoms with van der Waals surface area (Å²) in [4.78, 5) is 18.1. The van der Waals surface area contributed by atoms with Gasteiger partial charge in [-0.05, 0) is 36.4 Å². The molecular weight excluding hydrogens is 388 g/mol. The van der Waals surface area contributed by atoms with E-state index in [-0.39, 0.29) is 17.0 Å². The van der Waals surface area contributed by atoms with Gasteiger partial charge in [0.2, 0.25) is 0 Å². The zero-order valence-corrected chi connectivity index (χ0v) is 16.4. The van der Waals surface area contributed by atoms with E-state index < -0.39 is 18.2 Å². The number of hydrogen-bond acceptors (Lipinski definition) is 3. The van der Waals surface area contributed by atoms with Crippen molar-refractivity contribution in [2.45, 2.75) is 6.61 Å². The van der Waals surface area contributed by atoms with E-state index in [1.807, 2.05) is 12.1 Å². The molecule has 0 spiro atoms. The van der Waals surface area contributed by atoms with Crippen molar-refractivity contribution in [3.8, 4) is 22.4 Å². The Hall–Kier alpha value is -3.58. The quantitative estimate of drug-likeness (QED) is 0.553. The second-order valence-corrected chi connectivity index (χ2v) is 7.13. The minimum Gasteiger partial charge on any atom is -0.391 e. The van der Waals surface area contributed by atoms with E-state index in [9.17, 15) is 18.7 Å². The predicted molar refractivity (Wildman–Crippen MR) is 110 cm³/mol. The molecule has 0 radical (unpaired) electrons. The molecule has 0 aliphatic rings. The highest BCUT2D eigenvalue weighted by Crippen LogP contribution is 2.28. The lowest BCUT2D eigenvalue weighted by atomic mass is 10.0. The number of aromatic nitrogens is 2. The summed E-state index contributed by atoms with van der Waals surface area (Å²) < 4.78 is 30.0. The van der Waals surface area contributed by atoms with Crippen molar-refractivity contribution in [2.24, 2.45) is 0 Å². The number of aliphatic hydroxyl groups excluding tert-OH is 1. The van der Waals surface area contributed by atoms with E-state index in [2.05, 4.69) is 4.98 Å². The molecule has 0 saturated carbocycles. The molecular formula is C23H19F2N3O2. The van der Waals surface area contributed by atoms with E-state index in [0.29, 0.717) is 22.5 Å². The van der Waals surface area contributed by atoms with Crippen LogP contribution in [0.5, 0.6) is 0 Å². The molecule has 152 valence electrons. The molecule has 1 amide bonds. The number of carbonyl (C=O) groups excluding carboxylic acids is 1. The lowest BCUT2D eigenvalue weighted by Gasteiger charge is -2.10. The standard InChI is InChI=1S/C23H19F2N3O2/c1-27(2)23(30)15-5-3-14(4-6-15)20-12-28-11-16(7-10-21(28)26-20)17-8-9-19(24)18(13-29)22(17)25/h3-12,29H,13H2,1-2H3. The van der Waals surface area contributed by atoms with Gasteiger partial charge in [0.15, 0.2) is 0 Å². The van der Waals surface area contributed by atoms with Crippen LogP contribution in [0.15, 0.2) is 60.9 Å². The second-order valence-electron chi connectivity index (χ2n) is 7.13. The summed E-state index contributed by atoms with van der Waals surface area (Å²) in [5.41, 5.74) is 3.16. The van der Waals surface area contributed by atoms with Crippen LogP contribution >= 0.6 is 0 Å². The first-order valence-electron chi connectivity index (χ1n) is 9.28. The Morgan fingerprint density at radius 1 is 1.00 bits per heavy atom. The number of fused-ring (bicyclic) bond motifs is 1. The molecule has 0 atom stereocenters. The topological polar surface area (TPSA) is 57.8 Å². The maximum atomic E-state index is 14.6. The smallest absolute Gasteiger partial charge is 0.253 e. The first-order valence-corrected chi connectivity index (χ1v) is 9.28. The van der Waals surface area contributed by atoms with E-state index in [1.165, 1.54) is 11.0 Å². The maximum absolute atomic E-state index is 14.6.